The molecule has 2 amide bonds. The average molecular weight is 349 g/mol. The Morgan fingerprint density at radius 1 is 1.36 bits per heavy atom. The number of hydrogen-bond acceptors (Lipinski definition) is 5. The molecule has 0 radical (unpaired) electrons. The van der Waals surface area contributed by atoms with Crippen LogP contribution in [-0.2, 0) is 16.6 Å². The summed E-state index contributed by atoms with van der Waals surface area (Å²) in [4.78, 5) is 33.0. The van der Waals surface area contributed by atoms with E-state index in [-0.39, 0.29) is 29.0 Å². The Hall–Kier alpha value is -1.96. The lowest BCUT2D eigenvalue weighted by Crippen LogP contribution is -2.47. The lowest BCUT2D eigenvalue weighted by Gasteiger charge is -2.41. The SMILES string of the molecule is CCOCC1C(=O)N(CC)CC12CCN(C(=O)c1ncn(C)n1)CC2. The first-order chi connectivity index (χ1) is 12.0. The Labute approximate surface area is 148 Å². The number of rotatable bonds is 5. The zero-order chi connectivity index (χ0) is 18.0. The third-order valence-corrected chi connectivity index (χ3v) is 5.56. The van der Waals surface area contributed by atoms with Crippen LogP contribution >= 0.6 is 0 Å². The molecule has 0 aromatic carbocycles. The molecule has 0 aliphatic carbocycles. The Morgan fingerprint density at radius 3 is 2.64 bits per heavy atom. The quantitative estimate of drug-likeness (QED) is 0.776. The first kappa shape index (κ1) is 17.8. The zero-order valence-corrected chi connectivity index (χ0v) is 15.3. The van der Waals surface area contributed by atoms with Crippen molar-refractivity contribution in [3.8, 4) is 0 Å². The molecule has 2 saturated heterocycles. The summed E-state index contributed by atoms with van der Waals surface area (Å²) in [6.07, 6.45) is 3.16. The summed E-state index contributed by atoms with van der Waals surface area (Å²) in [5.41, 5.74) is -0.0867. The van der Waals surface area contributed by atoms with Gasteiger partial charge in [0, 0.05) is 45.2 Å². The number of piperidine rings is 1. The first-order valence-corrected chi connectivity index (χ1v) is 9.02. The van der Waals surface area contributed by atoms with Crippen LogP contribution < -0.4 is 0 Å². The highest BCUT2D eigenvalue weighted by atomic mass is 16.5. The van der Waals surface area contributed by atoms with Gasteiger partial charge in [0.05, 0.1) is 12.5 Å². The van der Waals surface area contributed by atoms with Crippen molar-refractivity contribution in [2.24, 2.45) is 18.4 Å². The maximum Gasteiger partial charge on any atom is 0.293 e. The highest BCUT2D eigenvalue weighted by Crippen LogP contribution is 2.45. The number of amides is 2. The van der Waals surface area contributed by atoms with E-state index in [0.717, 1.165) is 25.9 Å². The van der Waals surface area contributed by atoms with Crippen molar-refractivity contribution in [1.82, 2.24) is 24.6 Å². The number of carbonyl (C=O) groups excluding carboxylic acids is 2. The van der Waals surface area contributed by atoms with Crippen LogP contribution in [0.25, 0.3) is 0 Å². The Kier molecular flexibility index (Phi) is 5.08. The van der Waals surface area contributed by atoms with Crippen molar-refractivity contribution < 1.29 is 14.3 Å². The molecule has 8 nitrogen and oxygen atoms in total. The van der Waals surface area contributed by atoms with Gasteiger partial charge in [-0.05, 0) is 26.7 Å². The summed E-state index contributed by atoms with van der Waals surface area (Å²) in [6.45, 7) is 7.80. The maximum absolute atomic E-state index is 12.7. The van der Waals surface area contributed by atoms with Crippen molar-refractivity contribution in [3.05, 3.63) is 12.2 Å². The van der Waals surface area contributed by atoms with Crippen molar-refractivity contribution in [1.29, 1.82) is 0 Å². The molecule has 3 rings (SSSR count). The monoisotopic (exact) mass is 349 g/mol. The largest absolute Gasteiger partial charge is 0.381 e. The second kappa shape index (κ2) is 7.11. The van der Waals surface area contributed by atoms with E-state index in [9.17, 15) is 9.59 Å². The van der Waals surface area contributed by atoms with Gasteiger partial charge in [-0.3, -0.25) is 14.3 Å². The number of aryl methyl sites for hydroxylation is 1. The minimum absolute atomic E-state index is 0.0867. The van der Waals surface area contributed by atoms with Crippen LogP contribution in [0.4, 0.5) is 0 Å². The lowest BCUT2D eigenvalue weighted by molar-refractivity contribution is -0.133. The van der Waals surface area contributed by atoms with Crippen molar-refractivity contribution in [2.45, 2.75) is 26.7 Å². The molecule has 2 aliphatic rings. The molecule has 2 fully saturated rings. The fourth-order valence-corrected chi connectivity index (χ4v) is 4.04. The average Bonchev–Trinajstić information content (AvgIpc) is 3.16. The van der Waals surface area contributed by atoms with Gasteiger partial charge in [-0.1, -0.05) is 0 Å². The predicted octanol–water partition coefficient (Wildman–Crippen LogP) is 0.552. The number of hydrogen-bond donors (Lipinski definition) is 0. The smallest absolute Gasteiger partial charge is 0.293 e. The number of ether oxygens (including phenoxy) is 1. The van der Waals surface area contributed by atoms with Crippen LogP contribution in [0.1, 0.15) is 37.3 Å². The first-order valence-electron chi connectivity index (χ1n) is 9.02. The number of nitrogens with zero attached hydrogens (tertiary/aromatic N) is 5. The normalized spacial score (nSPS) is 22.8. The summed E-state index contributed by atoms with van der Waals surface area (Å²) in [7, 11) is 1.75. The van der Waals surface area contributed by atoms with E-state index < -0.39 is 0 Å². The summed E-state index contributed by atoms with van der Waals surface area (Å²) in [6, 6.07) is 0. The summed E-state index contributed by atoms with van der Waals surface area (Å²) < 4.78 is 7.14. The van der Waals surface area contributed by atoms with Gasteiger partial charge in [-0.2, -0.15) is 0 Å². The molecule has 1 aromatic rings. The standard InChI is InChI=1S/C17H27N5O3/c1-4-21-11-17(13(15(21)23)10-25-5-2)6-8-22(9-7-17)16(24)14-18-12-20(3)19-14/h12-13H,4-11H2,1-3H3. The van der Waals surface area contributed by atoms with Gasteiger partial charge < -0.3 is 14.5 Å². The van der Waals surface area contributed by atoms with Crippen molar-refractivity contribution in [3.63, 3.8) is 0 Å². The van der Waals surface area contributed by atoms with Gasteiger partial charge in [0.25, 0.3) is 5.91 Å². The van der Waals surface area contributed by atoms with Gasteiger partial charge in [-0.25, -0.2) is 4.98 Å². The van der Waals surface area contributed by atoms with E-state index >= 15 is 0 Å². The lowest BCUT2D eigenvalue weighted by atomic mass is 9.71. The van der Waals surface area contributed by atoms with Crippen molar-refractivity contribution in [2.75, 3.05) is 39.4 Å². The molecule has 1 unspecified atom stereocenters. The van der Waals surface area contributed by atoms with Gasteiger partial charge >= 0.3 is 0 Å². The Morgan fingerprint density at radius 2 is 2.08 bits per heavy atom. The zero-order valence-electron chi connectivity index (χ0n) is 15.3. The topological polar surface area (TPSA) is 80.6 Å². The highest BCUT2D eigenvalue weighted by molar-refractivity contribution is 5.90. The molecule has 1 spiro atoms. The molecule has 0 bridgehead atoms. The Bertz CT molecular complexity index is 636. The van der Waals surface area contributed by atoms with E-state index in [4.69, 9.17) is 4.74 Å². The van der Waals surface area contributed by atoms with Crippen LogP contribution in [0.5, 0.6) is 0 Å². The van der Waals surface area contributed by atoms with Gasteiger partial charge in [0.15, 0.2) is 0 Å². The summed E-state index contributed by atoms with van der Waals surface area (Å²) in [5.74, 6) is 0.204. The molecule has 1 aromatic heterocycles. The summed E-state index contributed by atoms with van der Waals surface area (Å²) in [5, 5.41) is 4.10. The molecule has 0 saturated carbocycles. The molecule has 1 atom stereocenters. The molecule has 8 heteroatoms. The third-order valence-electron chi connectivity index (χ3n) is 5.56. The van der Waals surface area contributed by atoms with Crippen molar-refractivity contribution >= 4 is 11.8 Å². The predicted molar refractivity (Wildman–Crippen MR) is 90.8 cm³/mol. The number of likely N-dealkylation sites (tertiary alicyclic amines) is 2. The van der Waals surface area contributed by atoms with E-state index in [1.54, 1.807) is 11.9 Å². The summed E-state index contributed by atoms with van der Waals surface area (Å²) >= 11 is 0. The highest BCUT2D eigenvalue weighted by Gasteiger charge is 2.53. The van der Waals surface area contributed by atoms with Gasteiger partial charge in [0.2, 0.25) is 11.7 Å². The second-order valence-corrected chi connectivity index (χ2v) is 6.96. The van der Waals surface area contributed by atoms with E-state index in [1.165, 1.54) is 11.0 Å². The molecule has 3 heterocycles. The van der Waals surface area contributed by atoms with Gasteiger partial charge in [-0.15, -0.1) is 5.10 Å². The molecule has 25 heavy (non-hydrogen) atoms. The molecular formula is C17H27N5O3. The van der Waals surface area contributed by atoms with Crippen LogP contribution in [0, 0.1) is 11.3 Å². The molecule has 138 valence electrons. The number of carbonyl (C=O) groups is 2. The van der Waals surface area contributed by atoms with E-state index in [0.29, 0.717) is 26.3 Å². The number of aromatic nitrogens is 3. The maximum atomic E-state index is 12.7. The third kappa shape index (κ3) is 3.27. The Balaban J connectivity index is 1.70. The van der Waals surface area contributed by atoms with Gasteiger partial charge in [0.1, 0.15) is 6.33 Å². The second-order valence-electron chi connectivity index (χ2n) is 6.96. The van der Waals surface area contributed by atoms with Crippen LogP contribution in [0.2, 0.25) is 0 Å². The van der Waals surface area contributed by atoms with Crippen LogP contribution in [-0.4, -0.2) is 75.8 Å². The molecule has 0 N–H and O–H groups in total. The molecular weight excluding hydrogens is 322 g/mol. The van der Waals surface area contributed by atoms with E-state index in [1.807, 2.05) is 18.7 Å². The fraction of sp³-hybridized carbons (Fsp3) is 0.765. The minimum atomic E-state index is -0.131. The van der Waals surface area contributed by atoms with Crippen LogP contribution in [0.15, 0.2) is 6.33 Å². The van der Waals surface area contributed by atoms with E-state index in [2.05, 4.69) is 10.1 Å². The van der Waals surface area contributed by atoms with Crippen LogP contribution in [0.3, 0.4) is 0 Å². The molecule has 2 aliphatic heterocycles. The minimum Gasteiger partial charge on any atom is -0.381 e. The fourth-order valence-electron chi connectivity index (χ4n) is 4.04.